The Morgan fingerprint density at radius 2 is 1.65 bits per heavy atom. The summed E-state index contributed by atoms with van der Waals surface area (Å²) < 4.78 is 0. The van der Waals surface area contributed by atoms with Gasteiger partial charge in [-0.15, -0.1) is 0 Å². The Balaban J connectivity index is 1.06. The van der Waals surface area contributed by atoms with Crippen LogP contribution in [0.15, 0.2) is 24.4 Å². The van der Waals surface area contributed by atoms with Crippen molar-refractivity contribution in [2.45, 2.75) is 137 Å². The van der Waals surface area contributed by atoms with Gasteiger partial charge in [0.15, 0.2) is 0 Å². The molecule has 4 saturated carbocycles. The molecule has 0 saturated heterocycles. The molecule has 3 heteroatoms. The quantitative estimate of drug-likeness (QED) is 0.241. The van der Waals surface area contributed by atoms with Gasteiger partial charge in [0.05, 0.1) is 5.69 Å². The average Bonchev–Trinajstić information content (AvgIpc) is 3.30. The highest BCUT2D eigenvalue weighted by Crippen LogP contribution is 2.68. The third kappa shape index (κ3) is 6.66. The lowest BCUT2D eigenvalue weighted by atomic mass is 9.44. The van der Waals surface area contributed by atoms with Crippen LogP contribution in [-0.4, -0.2) is 24.1 Å². The predicted octanol–water partition coefficient (Wildman–Crippen LogP) is 9.03. The molecular formula is C37H63N3. The first-order valence-corrected chi connectivity index (χ1v) is 17.6. The van der Waals surface area contributed by atoms with Crippen molar-refractivity contribution in [2.75, 3.05) is 13.1 Å². The number of pyridine rings is 1. The van der Waals surface area contributed by atoms with E-state index in [0.29, 0.717) is 10.8 Å². The second-order valence-corrected chi connectivity index (χ2v) is 15.8. The summed E-state index contributed by atoms with van der Waals surface area (Å²) in [7, 11) is 0. The molecule has 1 aromatic heterocycles. The molecular weight excluding hydrogens is 486 g/mol. The number of nitrogens with zero attached hydrogens (tertiary/aromatic N) is 1. The Morgan fingerprint density at radius 3 is 2.45 bits per heavy atom. The van der Waals surface area contributed by atoms with Crippen LogP contribution in [0.3, 0.4) is 0 Å². The smallest absolute Gasteiger partial charge is 0.0541 e. The zero-order chi connectivity index (χ0) is 28.2. The van der Waals surface area contributed by atoms with E-state index in [9.17, 15) is 0 Å². The van der Waals surface area contributed by atoms with E-state index >= 15 is 0 Å². The summed E-state index contributed by atoms with van der Waals surface area (Å²) in [5.74, 6) is 6.78. The van der Waals surface area contributed by atoms with Crippen LogP contribution >= 0.6 is 0 Å². The van der Waals surface area contributed by atoms with E-state index in [1.165, 1.54) is 90.0 Å². The molecule has 0 spiro atoms. The maximum atomic E-state index is 4.41. The molecule has 0 bridgehead atoms. The fourth-order valence-electron chi connectivity index (χ4n) is 10.9. The van der Waals surface area contributed by atoms with E-state index in [0.717, 1.165) is 66.3 Å². The van der Waals surface area contributed by atoms with Crippen molar-refractivity contribution in [3.8, 4) is 0 Å². The first kappa shape index (κ1) is 30.5. The Labute approximate surface area is 247 Å². The lowest BCUT2D eigenvalue weighted by molar-refractivity contribution is -0.118. The molecule has 1 heterocycles. The molecule has 4 aliphatic carbocycles. The molecule has 226 valence electrons. The number of aromatic nitrogens is 1. The van der Waals surface area contributed by atoms with E-state index in [4.69, 9.17) is 0 Å². The minimum absolute atomic E-state index is 0.610. The number of rotatable bonds is 13. The van der Waals surface area contributed by atoms with Gasteiger partial charge in [0.2, 0.25) is 0 Å². The van der Waals surface area contributed by atoms with Crippen molar-refractivity contribution < 1.29 is 0 Å². The highest BCUT2D eigenvalue weighted by molar-refractivity contribution is 5.10. The zero-order valence-corrected chi connectivity index (χ0v) is 26.9. The average molecular weight is 550 g/mol. The molecule has 40 heavy (non-hydrogen) atoms. The standard InChI is InChI=1S/C37H63N3/c1-27(2)11-10-12-28(3)33-16-17-34-32-15-14-29-25-30(18-20-36(29,4)35(32)19-21-37(33,34)5)39-24-9-8-22-38-26-31-13-6-7-23-40-31/h6-7,13,23,27-30,32-35,38-39H,8-12,14-22,24-26H2,1-5H3/t28-,29?,30-,32+,33-,34+,35+,36+,37-/m1/s1. The number of nitrogens with one attached hydrogen (secondary N) is 2. The normalized spacial score (nSPS) is 38.0. The van der Waals surface area contributed by atoms with E-state index in [1.807, 2.05) is 12.3 Å². The van der Waals surface area contributed by atoms with Gasteiger partial charge in [-0.2, -0.15) is 0 Å². The molecule has 2 N–H and O–H groups in total. The molecule has 9 atom stereocenters. The van der Waals surface area contributed by atoms with Crippen molar-refractivity contribution in [3.05, 3.63) is 30.1 Å². The number of hydrogen-bond donors (Lipinski definition) is 2. The van der Waals surface area contributed by atoms with E-state index in [1.54, 1.807) is 6.42 Å². The molecule has 0 radical (unpaired) electrons. The summed E-state index contributed by atoms with van der Waals surface area (Å²) in [4.78, 5) is 4.41. The number of fused-ring (bicyclic) bond motifs is 5. The molecule has 1 aromatic rings. The van der Waals surface area contributed by atoms with Gasteiger partial charge in [0.1, 0.15) is 0 Å². The number of hydrogen-bond acceptors (Lipinski definition) is 3. The Bertz CT molecular complexity index is 900. The zero-order valence-electron chi connectivity index (χ0n) is 26.9. The first-order chi connectivity index (χ1) is 19.3. The van der Waals surface area contributed by atoms with Gasteiger partial charge in [0.25, 0.3) is 0 Å². The summed E-state index contributed by atoms with van der Waals surface area (Å²) in [6.45, 7) is 16.1. The van der Waals surface area contributed by atoms with Gasteiger partial charge < -0.3 is 10.6 Å². The van der Waals surface area contributed by atoms with Crippen LogP contribution in [0, 0.1) is 52.3 Å². The van der Waals surface area contributed by atoms with Crippen LogP contribution < -0.4 is 10.6 Å². The van der Waals surface area contributed by atoms with Crippen LogP contribution in [-0.2, 0) is 6.54 Å². The molecule has 4 aliphatic rings. The van der Waals surface area contributed by atoms with Crippen LogP contribution in [0.1, 0.15) is 130 Å². The lowest BCUT2D eigenvalue weighted by Crippen LogP contribution is -2.55. The van der Waals surface area contributed by atoms with Crippen LogP contribution in [0.2, 0.25) is 0 Å². The van der Waals surface area contributed by atoms with Crippen LogP contribution in [0.25, 0.3) is 0 Å². The van der Waals surface area contributed by atoms with Crippen LogP contribution in [0.5, 0.6) is 0 Å². The van der Waals surface area contributed by atoms with Crippen molar-refractivity contribution in [2.24, 2.45) is 52.3 Å². The van der Waals surface area contributed by atoms with Gasteiger partial charge in [-0.25, -0.2) is 0 Å². The van der Waals surface area contributed by atoms with Crippen molar-refractivity contribution in [1.29, 1.82) is 0 Å². The molecule has 0 aliphatic heterocycles. The van der Waals surface area contributed by atoms with Crippen molar-refractivity contribution in [1.82, 2.24) is 15.6 Å². The summed E-state index contributed by atoms with van der Waals surface area (Å²) in [6.07, 6.45) is 22.2. The first-order valence-electron chi connectivity index (χ1n) is 17.6. The molecule has 0 amide bonds. The molecule has 0 aromatic carbocycles. The minimum atomic E-state index is 0.610. The van der Waals surface area contributed by atoms with Gasteiger partial charge >= 0.3 is 0 Å². The SMILES string of the molecule is CC(C)CCC[C@@H](C)[C@H]1CC[C@H]2[C@@H]3CCC4C[C@H](NCCCCNCc5ccccn5)CC[C@]4(C)[C@H]3CC[C@]12C. The van der Waals surface area contributed by atoms with Gasteiger partial charge in [0, 0.05) is 18.8 Å². The Morgan fingerprint density at radius 1 is 0.850 bits per heavy atom. The van der Waals surface area contributed by atoms with Gasteiger partial charge in [-0.3, -0.25) is 4.98 Å². The van der Waals surface area contributed by atoms with E-state index in [-0.39, 0.29) is 0 Å². The highest BCUT2D eigenvalue weighted by Gasteiger charge is 2.60. The highest BCUT2D eigenvalue weighted by atomic mass is 14.9. The summed E-state index contributed by atoms with van der Waals surface area (Å²) in [5.41, 5.74) is 2.38. The second-order valence-electron chi connectivity index (χ2n) is 15.8. The fourth-order valence-corrected chi connectivity index (χ4v) is 10.9. The Kier molecular flexibility index (Phi) is 10.4. The number of unbranched alkanes of at least 4 members (excludes halogenated alkanes) is 1. The minimum Gasteiger partial charge on any atom is -0.314 e. The van der Waals surface area contributed by atoms with Gasteiger partial charge in [-0.1, -0.05) is 59.9 Å². The monoisotopic (exact) mass is 550 g/mol. The van der Waals surface area contributed by atoms with Gasteiger partial charge in [-0.05, 0) is 148 Å². The molecule has 1 unspecified atom stereocenters. The summed E-state index contributed by atoms with van der Waals surface area (Å²) in [5, 5.41) is 7.56. The largest absolute Gasteiger partial charge is 0.314 e. The third-order valence-corrected chi connectivity index (χ3v) is 13.1. The second kappa shape index (κ2) is 13.6. The summed E-state index contributed by atoms with van der Waals surface area (Å²) in [6, 6.07) is 6.92. The maximum Gasteiger partial charge on any atom is 0.0541 e. The summed E-state index contributed by atoms with van der Waals surface area (Å²) >= 11 is 0. The fraction of sp³-hybridized carbons (Fsp3) is 0.865. The van der Waals surface area contributed by atoms with Crippen molar-refractivity contribution >= 4 is 0 Å². The lowest BCUT2D eigenvalue weighted by Gasteiger charge is -2.61. The van der Waals surface area contributed by atoms with Crippen molar-refractivity contribution in [3.63, 3.8) is 0 Å². The molecule has 3 nitrogen and oxygen atoms in total. The topological polar surface area (TPSA) is 37.0 Å². The Hall–Kier alpha value is -0.930. The van der Waals surface area contributed by atoms with E-state index < -0.39 is 0 Å². The van der Waals surface area contributed by atoms with E-state index in [2.05, 4.69) is 62.4 Å². The van der Waals surface area contributed by atoms with Crippen LogP contribution in [0.4, 0.5) is 0 Å². The maximum absolute atomic E-state index is 4.41. The predicted molar refractivity (Wildman–Crippen MR) is 170 cm³/mol. The third-order valence-electron chi connectivity index (χ3n) is 13.1. The molecule has 4 fully saturated rings. The molecule has 5 rings (SSSR count).